The van der Waals surface area contributed by atoms with Crippen molar-refractivity contribution < 1.29 is 18.0 Å². The molecule has 3 rings (SSSR count). The molecule has 0 bridgehead atoms. The Hall–Kier alpha value is -3.23. The summed E-state index contributed by atoms with van der Waals surface area (Å²) in [6.45, 7) is 2.23. The molecule has 0 fully saturated rings. The van der Waals surface area contributed by atoms with E-state index in [-0.39, 0.29) is 18.4 Å². The monoisotopic (exact) mass is 389 g/mol. The molecule has 6 nitrogen and oxygen atoms in total. The Morgan fingerprint density at radius 1 is 1.14 bits per heavy atom. The highest BCUT2D eigenvalue weighted by atomic mass is 19.4. The predicted molar refractivity (Wildman–Crippen MR) is 96.0 cm³/mol. The number of rotatable bonds is 6. The van der Waals surface area contributed by atoms with Crippen LogP contribution in [0.5, 0.6) is 0 Å². The van der Waals surface area contributed by atoms with Crippen molar-refractivity contribution in [2.24, 2.45) is 0 Å². The zero-order chi connectivity index (χ0) is 20.1. The highest BCUT2D eigenvalue weighted by molar-refractivity contribution is 5.95. The van der Waals surface area contributed by atoms with E-state index >= 15 is 0 Å². The maximum atomic E-state index is 13.3. The number of hydrogen-bond acceptors (Lipinski definition) is 4. The summed E-state index contributed by atoms with van der Waals surface area (Å²) in [6.07, 6.45) is -0.435. The minimum absolute atomic E-state index is 0.0512. The summed E-state index contributed by atoms with van der Waals surface area (Å²) < 4.78 is 40.8. The topological polar surface area (TPSA) is 72.7 Å². The highest BCUT2D eigenvalue weighted by Gasteiger charge is 2.39. The van der Waals surface area contributed by atoms with Crippen LogP contribution in [-0.2, 0) is 6.18 Å². The minimum Gasteiger partial charge on any atom is -0.352 e. The van der Waals surface area contributed by atoms with E-state index in [1.165, 1.54) is 18.5 Å². The van der Waals surface area contributed by atoms with Crippen LogP contribution in [0.15, 0.2) is 55.0 Å². The van der Waals surface area contributed by atoms with Crippen LogP contribution in [0, 0.1) is 0 Å². The molecule has 1 aromatic carbocycles. The quantitative estimate of drug-likeness (QED) is 0.699. The lowest BCUT2D eigenvalue weighted by molar-refractivity contribution is -0.141. The van der Waals surface area contributed by atoms with Crippen LogP contribution >= 0.6 is 0 Å². The van der Waals surface area contributed by atoms with Crippen molar-refractivity contribution in [3.05, 3.63) is 71.8 Å². The van der Waals surface area contributed by atoms with E-state index < -0.39 is 23.3 Å². The van der Waals surface area contributed by atoms with Crippen molar-refractivity contribution in [3.63, 3.8) is 0 Å². The number of nitrogens with zero attached hydrogens (tertiary/aromatic N) is 4. The molecule has 0 aliphatic rings. The van der Waals surface area contributed by atoms with E-state index in [2.05, 4.69) is 20.4 Å². The molecular formula is C19H18F3N5O. The number of benzene rings is 1. The Bertz CT molecular complexity index is 926. The Morgan fingerprint density at radius 2 is 1.82 bits per heavy atom. The third-order valence-corrected chi connectivity index (χ3v) is 4.22. The first-order valence-electron chi connectivity index (χ1n) is 8.63. The molecule has 1 amide bonds. The van der Waals surface area contributed by atoms with Crippen molar-refractivity contribution in [1.82, 2.24) is 25.1 Å². The summed E-state index contributed by atoms with van der Waals surface area (Å²) in [5.41, 5.74) is -0.734. The lowest BCUT2D eigenvalue weighted by Gasteiger charge is -2.12. The van der Waals surface area contributed by atoms with E-state index in [0.29, 0.717) is 6.42 Å². The van der Waals surface area contributed by atoms with Gasteiger partial charge in [0.2, 0.25) is 5.95 Å². The van der Waals surface area contributed by atoms with Gasteiger partial charge in [-0.2, -0.15) is 18.3 Å². The Labute approximate surface area is 159 Å². The molecule has 0 aliphatic carbocycles. The Kier molecular flexibility index (Phi) is 5.72. The first-order chi connectivity index (χ1) is 13.4. The molecule has 0 saturated carbocycles. The molecule has 0 aliphatic heterocycles. The number of aromatic nitrogens is 4. The number of alkyl halides is 3. The van der Waals surface area contributed by atoms with Crippen LogP contribution in [0.2, 0.25) is 0 Å². The van der Waals surface area contributed by atoms with Gasteiger partial charge >= 0.3 is 6.18 Å². The summed E-state index contributed by atoms with van der Waals surface area (Å²) in [5, 5.41) is 6.01. The summed E-state index contributed by atoms with van der Waals surface area (Å²) in [7, 11) is 0. The third kappa shape index (κ3) is 4.54. The molecule has 2 heterocycles. The summed E-state index contributed by atoms with van der Waals surface area (Å²) in [6, 6.07) is 11.2. The molecule has 3 aromatic rings. The van der Waals surface area contributed by atoms with Gasteiger partial charge in [0.05, 0.1) is 5.56 Å². The highest BCUT2D eigenvalue weighted by Crippen LogP contribution is 2.31. The van der Waals surface area contributed by atoms with Gasteiger partial charge in [0.15, 0.2) is 5.69 Å². The first-order valence-corrected chi connectivity index (χ1v) is 8.63. The minimum atomic E-state index is -4.77. The smallest absolute Gasteiger partial charge is 0.352 e. The third-order valence-electron chi connectivity index (χ3n) is 4.22. The fourth-order valence-corrected chi connectivity index (χ4v) is 2.71. The Balaban J connectivity index is 1.73. The number of halogens is 3. The molecule has 146 valence electrons. The summed E-state index contributed by atoms with van der Waals surface area (Å²) in [5.74, 6) is -0.733. The fraction of sp³-hybridized carbons (Fsp3) is 0.263. The molecule has 0 spiro atoms. The molecule has 9 heteroatoms. The van der Waals surface area contributed by atoms with Crippen molar-refractivity contribution in [2.45, 2.75) is 25.4 Å². The van der Waals surface area contributed by atoms with Gasteiger partial charge in [0.1, 0.15) is 0 Å². The standard InChI is InChI=1S/C19H18F3N5O/c1-13(14-6-3-2-4-7-14)8-11-23-17(28)15-12-27(18-24-9-5-10-25-18)26-16(15)19(20,21)22/h2-7,9-10,12-13H,8,11H2,1H3,(H,23,28). The van der Waals surface area contributed by atoms with Crippen LogP contribution in [0.4, 0.5) is 13.2 Å². The number of carbonyl (C=O) groups excluding carboxylic acids is 1. The van der Waals surface area contributed by atoms with Crippen molar-refractivity contribution in [2.75, 3.05) is 6.54 Å². The normalized spacial score (nSPS) is 12.6. The maximum absolute atomic E-state index is 13.3. The Morgan fingerprint density at radius 3 is 2.46 bits per heavy atom. The average Bonchev–Trinajstić information content (AvgIpc) is 3.15. The van der Waals surface area contributed by atoms with Crippen LogP contribution < -0.4 is 5.32 Å². The van der Waals surface area contributed by atoms with E-state index in [9.17, 15) is 18.0 Å². The van der Waals surface area contributed by atoms with E-state index in [4.69, 9.17) is 0 Å². The second-order valence-corrected chi connectivity index (χ2v) is 6.24. The van der Waals surface area contributed by atoms with Gasteiger partial charge in [-0.15, -0.1) is 0 Å². The fourth-order valence-electron chi connectivity index (χ4n) is 2.71. The van der Waals surface area contributed by atoms with Crippen molar-refractivity contribution in [3.8, 4) is 5.95 Å². The zero-order valence-electron chi connectivity index (χ0n) is 15.0. The molecule has 28 heavy (non-hydrogen) atoms. The van der Waals surface area contributed by atoms with Gasteiger partial charge in [-0.1, -0.05) is 37.3 Å². The van der Waals surface area contributed by atoms with E-state index in [1.807, 2.05) is 37.3 Å². The lowest BCUT2D eigenvalue weighted by atomic mass is 9.98. The molecule has 1 N–H and O–H groups in total. The van der Waals surface area contributed by atoms with E-state index in [1.54, 1.807) is 0 Å². The van der Waals surface area contributed by atoms with Crippen LogP contribution in [0.25, 0.3) is 5.95 Å². The maximum Gasteiger partial charge on any atom is 0.435 e. The predicted octanol–water partition coefficient (Wildman–Crippen LogP) is 3.60. The zero-order valence-corrected chi connectivity index (χ0v) is 15.0. The second kappa shape index (κ2) is 8.20. The van der Waals surface area contributed by atoms with Crippen molar-refractivity contribution >= 4 is 5.91 Å². The first kappa shape index (κ1) is 19.5. The molecule has 2 aromatic heterocycles. The average molecular weight is 389 g/mol. The second-order valence-electron chi connectivity index (χ2n) is 6.24. The largest absolute Gasteiger partial charge is 0.435 e. The molecular weight excluding hydrogens is 371 g/mol. The molecule has 1 unspecified atom stereocenters. The van der Waals surface area contributed by atoms with Crippen LogP contribution in [-0.4, -0.2) is 32.2 Å². The van der Waals surface area contributed by atoms with Gasteiger partial charge in [-0.25, -0.2) is 14.6 Å². The number of hydrogen-bond donors (Lipinski definition) is 1. The SMILES string of the molecule is CC(CCNC(=O)c1cn(-c2ncccn2)nc1C(F)(F)F)c1ccccc1. The number of carbonyl (C=O) groups is 1. The van der Waals surface area contributed by atoms with Gasteiger partial charge < -0.3 is 5.32 Å². The van der Waals surface area contributed by atoms with Crippen LogP contribution in [0.3, 0.4) is 0 Å². The van der Waals surface area contributed by atoms with Gasteiger partial charge in [0, 0.05) is 25.1 Å². The number of nitrogens with one attached hydrogen (secondary N) is 1. The van der Waals surface area contributed by atoms with Gasteiger partial charge in [-0.05, 0) is 24.0 Å². The van der Waals surface area contributed by atoms with E-state index in [0.717, 1.165) is 16.4 Å². The summed E-state index contributed by atoms with van der Waals surface area (Å²) >= 11 is 0. The molecule has 0 radical (unpaired) electrons. The number of amides is 1. The van der Waals surface area contributed by atoms with Gasteiger partial charge in [0.25, 0.3) is 5.91 Å². The molecule has 1 atom stereocenters. The lowest BCUT2D eigenvalue weighted by Crippen LogP contribution is -2.27. The summed E-state index contributed by atoms with van der Waals surface area (Å²) in [4.78, 5) is 20.1. The van der Waals surface area contributed by atoms with Crippen LogP contribution in [0.1, 0.15) is 40.9 Å². The molecule has 0 saturated heterocycles. The van der Waals surface area contributed by atoms with Gasteiger partial charge in [-0.3, -0.25) is 4.79 Å². The van der Waals surface area contributed by atoms with Crippen molar-refractivity contribution in [1.29, 1.82) is 0 Å².